The molecule has 3 aromatic carbocycles. The summed E-state index contributed by atoms with van der Waals surface area (Å²) in [5, 5.41) is 20.2. The number of nitro benzene ring substituents is 1. The second-order valence-electron chi connectivity index (χ2n) is 10.2. The van der Waals surface area contributed by atoms with E-state index in [4.69, 9.17) is 0 Å². The van der Waals surface area contributed by atoms with E-state index < -0.39 is 4.92 Å². The molecular formula is C35H41N3O2. The lowest BCUT2D eigenvalue weighted by Crippen LogP contribution is -2.25. The lowest BCUT2D eigenvalue weighted by atomic mass is 10.1. The van der Waals surface area contributed by atoms with Crippen molar-refractivity contribution in [3.63, 3.8) is 0 Å². The van der Waals surface area contributed by atoms with Crippen LogP contribution in [0.5, 0.6) is 0 Å². The number of benzene rings is 3. The molecule has 40 heavy (non-hydrogen) atoms. The number of hydrogen-bond donors (Lipinski definition) is 0. The topological polar surface area (TPSA) is 70.2 Å². The maximum atomic E-state index is 11.0. The van der Waals surface area contributed by atoms with E-state index in [0.717, 1.165) is 29.8 Å². The third kappa shape index (κ3) is 9.85. The Labute approximate surface area is 239 Å². The fourth-order valence-corrected chi connectivity index (χ4v) is 4.63. The molecule has 0 N–H and O–H groups in total. The summed E-state index contributed by atoms with van der Waals surface area (Å²) in [5.41, 5.74) is 5.25. The Balaban J connectivity index is 1.60. The fraction of sp³-hybridized carbons (Fsp3) is 0.343. The molecule has 0 amide bonds. The third-order valence-electron chi connectivity index (χ3n) is 7.03. The van der Waals surface area contributed by atoms with Crippen LogP contribution in [0.25, 0.3) is 24.3 Å². The van der Waals surface area contributed by atoms with Gasteiger partial charge in [0, 0.05) is 24.8 Å². The molecule has 0 saturated heterocycles. The molecule has 0 aliphatic rings. The van der Waals surface area contributed by atoms with Crippen molar-refractivity contribution in [1.29, 1.82) is 5.26 Å². The van der Waals surface area contributed by atoms with Crippen LogP contribution in [-0.2, 0) is 0 Å². The minimum atomic E-state index is -0.535. The second kappa shape index (κ2) is 16.7. The van der Waals surface area contributed by atoms with E-state index in [-0.39, 0.29) is 11.3 Å². The highest BCUT2D eigenvalue weighted by Gasteiger charge is 2.12. The summed E-state index contributed by atoms with van der Waals surface area (Å²) in [6.45, 7) is 6.78. The minimum Gasteiger partial charge on any atom is -0.372 e. The molecule has 3 aromatic rings. The average Bonchev–Trinajstić information content (AvgIpc) is 2.98. The van der Waals surface area contributed by atoms with E-state index in [9.17, 15) is 15.4 Å². The monoisotopic (exact) mass is 535 g/mol. The van der Waals surface area contributed by atoms with Crippen LogP contribution in [0.3, 0.4) is 0 Å². The highest BCUT2D eigenvalue weighted by Crippen LogP contribution is 2.22. The van der Waals surface area contributed by atoms with E-state index in [1.165, 1.54) is 74.8 Å². The van der Waals surface area contributed by atoms with Crippen molar-refractivity contribution in [2.24, 2.45) is 0 Å². The van der Waals surface area contributed by atoms with Gasteiger partial charge in [0.05, 0.1) is 4.92 Å². The lowest BCUT2D eigenvalue weighted by Gasteiger charge is -2.25. The van der Waals surface area contributed by atoms with Crippen LogP contribution >= 0.6 is 0 Å². The predicted molar refractivity (Wildman–Crippen MR) is 169 cm³/mol. The molecule has 0 fully saturated rings. The first-order chi connectivity index (χ1) is 19.5. The minimum absolute atomic E-state index is 0.0623. The van der Waals surface area contributed by atoms with Gasteiger partial charge >= 0.3 is 0 Å². The van der Waals surface area contributed by atoms with Gasteiger partial charge < -0.3 is 4.90 Å². The summed E-state index contributed by atoms with van der Waals surface area (Å²) in [6, 6.07) is 23.6. The molecular weight excluding hydrogens is 494 g/mol. The van der Waals surface area contributed by atoms with Gasteiger partial charge in [-0.05, 0) is 59.4 Å². The maximum absolute atomic E-state index is 11.0. The number of hydrogen-bond acceptors (Lipinski definition) is 4. The molecule has 5 heteroatoms. The van der Waals surface area contributed by atoms with Gasteiger partial charge in [-0.15, -0.1) is 0 Å². The van der Waals surface area contributed by atoms with Crippen molar-refractivity contribution >= 4 is 35.7 Å². The highest BCUT2D eigenvalue weighted by atomic mass is 16.6. The largest absolute Gasteiger partial charge is 0.372 e. The Morgan fingerprint density at radius 3 is 1.60 bits per heavy atom. The smallest absolute Gasteiger partial charge is 0.287 e. The summed E-state index contributed by atoms with van der Waals surface area (Å²) in [7, 11) is 0. The number of unbranched alkanes of at least 4 members (excludes halogenated alkanes) is 6. The van der Waals surface area contributed by atoms with Gasteiger partial charge in [-0.3, -0.25) is 10.1 Å². The Morgan fingerprint density at radius 2 is 1.15 bits per heavy atom. The van der Waals surface area contributed by atoms with Gasteiger partial charge in [-0.2, -0.15) is 5.26 Å². The Hall–Kier alpha value is -4.17. The van der Waals surface area contributed by atoms with Crippen LogP contribution < -0.4 is 4.90 Å². The summed E-state index contributed by atoms with van der Waals surface area (Å²) in [4.78, 5) is 13.0. The van der Waals surface area contributed by atoms with Crippen molar-refractivity contribution in [3.05, 3.63) is 105 Å². The van der Waals surface area contributed by atoms with Gasteiger partial charge in [0.1, 0.15) is 11.6 Å². The van der Waals surface area contributed by atoms with E-state index in [2.05, 4.69) is 67.3 Å². The van der Waals surface area contributed by atoms with E-state index in [0.29, 0.717) is 0 Å². The second-order valence-corrected chi connectivity index (χ2v) is 10.2. The first-order valence-corrected chi connectivity index (χ1v) is 14.5. The first kappa shape index (κ1) is 30.4. The maximum Gasteiger partial charge on any atom is 0.287 e. The molecule has 0 bridgehead atoms. The molecule has 0 radical (unpaired) electrons. The van der Waals surface area contributed by atoms with Crippen LogP contribution in [0.15, 0.2) is 66.7 Å². The highest BCUT2D eigenvalue weighted by molar-refractivity contribution is 5.74. The molecule has 0 aliphatic carbocycles. The standard InChI is InChI=1S/C35H41N3O2/c1-3-5-7-9-25-37(26-10-8-6-4-2)34-22-19-31(20-23-34)16-15-29-11-13-30(14-12-29)17-18-32-21-24-35(38(39)40)33(27-32)28-36/h11-24,27H,3-10,25-26H2,1-2H3. The molecule has 0 saturated carbocycles. The quantitative estimate of drug-likeness (QED) is 0.0792. The van der Waals surface area contributed by atoms with E-state index in [1.807, 2.05) is 30.4 Å². The normalized spacial score (nSPS) is 11.2. The van der Waals surface area contributed by atoms with Crippen molar-refractivity contribution in [1.82, 2.24) is 0 Å². The van der Waals surface area contributed by atoms with Crippen molar-refractivity contribution in [3.8, 4) is 6.07 Å². The fourth-order valence-electron chi connectivity index (χ4n) is 4.63. The molecule has 0 spiro atoms. The molecule has 0 aromatic heterocycles. The summed E-state index contributed by atoms with van der Waals surface area (Å²) in [5.74, 6) is 0. The molecule has 5 nitrogen and oxygen atoms in total. The molecule has 0 aliphatic heterocycles. The summed E-state index contributed by atoms with van der Waals surface area (Å²) < 4.78 is 0. The zero-order chi connectivity index (χ0) is 28.6. The Bertz CT molecular complexity index is 1290. The molecule has 3 rings (SSSR count). The first-order valence-electron chi connectivity index (χ1n) is 14.5. The van der Waals surface area contributed by atoms with E-state index in [1.54, 1.807) is 6.07 Å². The lowest BCUT2D eigenvalue weighted by molar-refractivity contribution is -0.385. The van der Waals surface area contributed by atoms with Crippen LogP contribution in [0.1, 0.15) is 93.0 Å². The van der Waals surface area contributed by atoms with Gasteiger partial charge in [0.2, 0.25) is 0 Å². The van der Waals surface area contributed by atoms with Crippen molar-refractivity contribution in [2.45, 2.75) is 65.2 Å². The molecule has 0 heterocycles. The van der Waals surface area contributed by atoms with Crippen LogP contribution in [0.4, 0.5) is 11.4 Å². The van der Waals surface area contributed by atoms with Crippen LogP contribution in [0.2, 0.25) is 0 Å². The number of nitrogens with zero attached hydrogens (tertiary/aromatic N) is 3. The average molecular weight is 536 g/mol. The summed E-state index contributed by atoms with van der Waals surface area (Å²) >= 11 is 0. The number of rotatable bonds is 16. The number of anilines is 1. The molecule has 208 valence electrons. The van der Waals surface area contributed by atoms with Crippen LogP contribution in [0, 0.1) is 21.4 Å². The predicted octanol–water partition coefficient (Wildman–Crippen LogP) is 9.77. The van der Waals surface area contributed by atoms with Crippen molar-refractivity contribution < 1.29 is 4.92 Å². The number of nitro groups is 1. The SMILES string of the molecule is CCCCCCN(CCCCCC)c1ccc(C=Cc2ccc(C=Cc3ccc([N+](=O)[O-])c(C#N)c3)cc2)cc1. The van der Waals surface area contributed by atoms with E-state index >= 15 is 0 Å². The Morgan fingerprint density at radius 1 is 0.700 bits per heavy atom. The van der Waals surface area contributed by atoms with Crippen molar-refractivity contribution in [2.75, 3.05) is 18.0 Å². The van der Waals surface area contributed by atoms with Gasteiger partial charge in [0.25, 0.3) is 5.69 Å². The summed E-state index contributed by atoms with van der Waals surface area (Å²) in [6.07, 6.45) is 18.3. The third-order valence-corrected chi connectivity index (χ3v) is 7.03. The zero-order valence-electron chi connectivity index (χ0n) is 23.9. The molecule has 0 atom stereocenters. The number of nitriles is 1. The Kier molecular flexibility index (Phi) is 12.7. The zero-order valence-corrected chi connectivity index (χ0v) is 23.9. The van der Waals surface area contributed by atoms with Crippen LogP contribution in [-0.4, -0.2) is 18.0 Å². The van der Waals surface area contributed by atoms with Gasteiger partial charge in [-0.25, -0.2) is 0 Å². The van der Waals surface area contributed by atoms with Gasteiger partial charge in [0.15, 0.2) is 0 Å². The molecule has 0 unspecified atom stereocenters. The van der Waals surface area contributed by atoms with Gasteiger partial charge in [-0.1, -0.05) is 113 Å².